The van der Waals surface area contributed by atoms with Crippen LogP contribution < -0.4 is 0 Å². The van der Waals surface area contributed by atoms with E-state index in [1.165, 1.54) is 25.7 Å². The predicted octanol–water partition coefficient (Wildman–Crippen LogP) is 2.33. The molecule has 1 N–H and O–H groups in total. The van der Waals surface area contributed by atoms with Crippen LogP contribution >= 0.6 is 0 Å². The highest BCUT2D eigenvalue weighted by molar-refractivity contribution is 5.25. The van der Waals surface area contributed by atoms with E-state index in [9.17, 15) is 5.11 Å². The summed E-state index contributed by atoms with van der Waals surface area (Å²) in [5.74, 6) is 1.95. The lowest BCUT2D eigenvalue weighted by Gasteiger charge is -2.16. The summed E-state index contributed by atoms with van der Waals surface area (Å²) in [7, 11) is 0. The maximum atomic E-state index is 9.34. The molecule has 2 aliphatic carbocycles. The Morgan fingerprint density at radius 2 is 2.17 bits per heavy atom. The molecule has 1 aromatic rings. The molecule has 0 bridgehead atoms. The van der Waals surface area contributed by atoms with Gasteiger partial charge in [0.1, 0.15) is 6.10 Å². The third kappa shape index (κ3) is 2.40. The molecular formula is C14H20N2O2. The van der Waals surface area contributed by atoms with E-state index in [2.05, 4.69) is 9.97 Å². The first-order chi connectivity index (χ1) is 8.83. The minimum atomic E-state index is 0.0366. The van der Waals surface area contributed by atoms with Crippen LogP contribution in [0, 0.1) is 5.92 Å². The Hall–Kier alpha value is -1.00. The molecule has 4 heteroatoms. The van der Waals surface area contributed by atoms with E-state index in [4.69, 9.17) is 4.74 Å². The van der Waals surface area contributed by atoms with E-state index in [0.29, 0.717) is 18.4 Å². The van der Waals surface area contributed by atoms with Gasteiger partial charge in [-0.25, -0.2) is 9.97 Å². The fraction of sp³-hybridized carbons (Fsp3) is 0.714. The molecule has 1 aromatic heterocycles. The van der Waals surface area contributed by atoms with Crippen LogP contribution in [0.15, 0.2) is 6.20 Å². The standard InChI is InChI=1S/C14H20N2O2/c1-2-18-13(10-5-6-10)14-15-7-11(8-17)12(16-14)9-3-4-9/h7,9-10,13,17H,2-6,8H2,1H3. The highest BCUT2D eigenvalue weighted by Crippen LogP contribution is 2.44. The molecule has 0 radical (unpaired) electrons. The topological polar surface area (TPSA) is 55.2 Å². The molecular weight excluding hydrogens is 228 g/mol. The smallest absolute Gasteiger partial charge is 0.157 e. The Bertz CT molecular complexity index is 428. The van der Waals surface area contributed by atoms with Crippen molar-refractivity contribution in [2.45, 2.75) is 51.2 Å². The number of aromatic nitrogens is 2. The van der Waals surface area contributed by atoms with Crippen molar-refractivity contribution in [2.75, 3.05) is 6.61 Å². The van der Waals surface area contributed by atoms with Crippen LogP contribution in [-0.2, 0) is 11.3 Å². The number of hydrogen-bond acceptors (Lipinski definition) is 4. The van der Waals surface area contributed by atoms with Crippen molar-refractivity contribution in [3.05, 3.63) is 23.3 Å². The predicted molar refractivity (Wildman–Crippen MR) is 67.0 cm³/mol. The van der Waals surface area contributed by atoms with Gasteiger partial charge in [-0.05, 0) is 38.5 Å². The van der Waals surface area contributed by atoms with Crippen LogP contribution in [-0.4, -0.2) is 21.7 Å². The number of aliphatic hydroxyl groups excluding tert-OH is 1. The van der Waals surface area contributed by atoms with Crippen molar-refractivity contribution < 1.29 is 9.84 Å². The van der Waals surface area contributed by atoms with Gasteiger partial charge >= 0.3 is 0 Å². The zero-order valence-electron chi connectivity index (χ0n) is 10.8. The highest BCUT2D eigenvalue weighted by atomic mass is 16.5. The van der Waals surface area contributed by atoms with Gasteiger partial charge in [0.25, 0.3) is 0 Å². The van der Waals surface area contributed by atoms with E-state index in [0.717, 1.165) is 17.1 Å². The zero-order valence-corrected chi connectivity index (χ0v) is 10.8. The molecule has 4 nitrogen and oxygen atoms in total. The quantitative estimate of drug-likeness (QED) is 0.839. The Balaban J connectivity index is 1.88. The van der Waals surface area contributed by atoms with E-state index in [1.54, 1.807) is 6.20 Å². The van der Waals surface area contributed by atoms with Gasteiger partial charge in [0.05, 0.1) is 12.3 Å². The van der Waals surface area contributed by atoms with Gasteiger partial charge in [0.2, 0.25) is 0 Å². The van der Waals surface area contributed by atoms with Crippen LogP contribution in [0.25, 0.3) is 0 Å². The molecule has 0 aliphatic heterocycles. The Morgan fingerprint density at radius 1 is 1.39 bits per heavy atom. The average Bonchev–Trinajstić information content (AvgIpc) is 3.28. The normalized spacial score (nSPS) is 21.0. The van der Waals surface area contributed by atoms with Gasteiger partial charge in [0.15, 0.2) is 5.82 Å². The first-order valence-electron chi connectivity index (χ1n) is 6.91. The fourth-order valence-electron chi connectivity index (χ4n) is 2.40. The van der Waals surface area contributed by atoms with Gasteiger partial charge in [-0.15, -0.1) is 0 Å². The van der Waals surface area contributed by atoms with Crippen LogP contribution in [0.5, 0.6) is 0 Å². The molecule has 3 rings (SSSR count). The van der Waals surface area contributed by atoms with Crippen molar-refractivity contribution in [1.82, 2.24) is 9.97 Å². The average molecular weight is 248 g/mol. The SMILES string of the molecule is CCOC(c1ncc(CO)c(C2CC2)n1)C1CC1. The van der Waals surface area contributed by atoms with Gasteiger partial charge < -0.3 is 9.84 Å². The summed E-state index contributed by atoms with van der Waals surface area (Å²) in [4.78, 5) is 9.09. The minimum absolute atomic E-state index is 0.0366. The fourth-order valence-corrected chi connectivity index (χ4v) is 2.40. The summed E-state index contributed by atoms with van der Waals surface area (Å²) in [6.07, 6.45) is 6.64. The number of hydrogen-bond donors (Lipinski definition) is 1. The molecule has 2 aliphatic rings. The lowest BCUT2D eigenvalue weighted by Crippen LogP contribution is -2.13. The van der Waals surface area contributed by atoms with E-state index in [1.807, 2.05) is 6.92 Å². The summed E-state index contributed by atoms with van der Waals surface area (Å²) in [6, 6.07) is 0. The molecule has 2 fully saturated rings. The molecule has 0 amide bonds. The second-order valence-corrected chi connectivity index (χ2v) is 5.28. The number of aliphatic hydroxyl groups is 1. The molecule has 0 saturated heterocycles. The minimum Gasteiger partial charge on any atom is -0.392 e. The largest absolute Gasteiger partial charge is 0.392 e. The third-order valence-corrected chi connectivity index (χ3v) is 3.70. The van der Waals surface area contributed by atoms with Gasteiger partial charge in [-0.2, -0.15) is 0 Å². The van der Waals surface area contributed by atoms with Crippen molar-refractivity contribution in [3.8, 4) is 0 Å². The van der Waals surface area contributed by atoms with Gasteiger partial charge in [-0.1, -0.05) is 0 Å². The van der Waals surface area contributed by atoms with Crippen LogP contribution in [0.2, 0.25) is 0 Å². The van der Waals surface area contributed by atoms with Crippen molar-refractivity contribution in [2.24, 2.45) is 5.92 Å². The molecule has 98 valence electrons. The molecule has 1 heterocycles. The van der Waals surface area contributed by atoms with Crippen LogP contribution in [0.1, 0.15) is 61.7 Å². The second kappa shape index (κ2) is 4.94. The Morgan fingerprint density at radius 3 is 2.72 bits per heavy atom. The molecule has 2 saturated carbocycles. The highest BCUT2D eigenvalue weighted by Gasteiger charge is 2.36. The van der Waals surface area contributed by atoms with Gasteiger partial charge in [0, 0.05) is 24.3 Å². The maximum Gasteiger partial charge on any atom is 0.157 e. The number of rotatable bonds is 6. The zero-order chi connectivity index (χ0) is 12.5. The number of ether oxygens (including phenoxy) is 1. The van der Waals surface area contributed by atoms with E-state index >= 15 is 0 Å². The van der Waals surface area contributed by atoms with Gasteiger partial charge in [-0.3, -0.25) is 0 Å². The molecule has 1 unspecified atom stereocenters. The lowest BCUT2D eigenvalue weighted by molar-refractivity contribution is 0.0397. The third-order valence-electron chi connectivity index (χ3n) is 3.70. The Labute approximate surface area is 107 Å². The Kier molecular flexibility index (Phi) is 3.31. The van der Waals surface area contributed by atoms with E-state index < -0.39 is 0 Å². The number of nitrogens with zero attached hydrogens (tertiary/aromatic N) is 2. The van der Waals surface area contributed by atoms with Crippen LogP contribution in [0.4, 0.5) is 0 Å². The van der Waals surface area contributed by atoms with Crippen molar-refractivity contribution in [3.63, 3.8) is 0 Å². The van der Waals surface area contributed by atoms with Crippen molar-refractivity contribution in [1.29, 1.82) is 0 Å². The first kappa shape index (κ1) is 12.1. The first-order valence-corrected chi connectivity index (χ1v) is 6.91. The summed E-state index contributed by atoms with van der Waals surface area (Å²) in [5.41, 5.74) is 1.93. The molecule has 18 heavy (non-hydrogen) atoms. The monoisotopic (exact) mass is 248 g/mol. The van der Waals surface area contributed by atoms with Crippen LogP contribution in [0.3, 0.4) is 0 Å². The molecule has 0 spiro atoms. The van der Waals surface area contributed by atoms with E-state index in [-0.39, 0.29) is 12.7 Å². The summed E-state index contributed by atoms with van der Waals surface area (Å²) >= 11 is 0. The maximum absolute atomic E-state index is 9.34. The second-order valence-electron chi connectivity index (χ2n) is 5.28. The molecule has 0 aromatic carbocycles. The summed E-state index contributed by atoms with van der Waals surface area (Å²) < 4.78 is 5.79. The molecule has 1 atom stereocenters. The lowest BCUT2D eigenvalue weighted by atomic mass is 10.1. The van der Waals surface area contributed by atoms with Crippen molar-refractivity contribution >= 4 is 0 Å². The summed E-state index contributed by atoms with van der Waals surface area (Å²) in [6.45, 7) is 2.75. The summed E-state index contributed by atoms with van der Waals surface area (Å²) in [5, 5.41) is 9.34.